The average molecular weight is 185 g/mol. The van der Waals surface area contributed by atoms with Gasteiger partial charge >= 0.3 is 0 Å². The van der Waals surface area contributed by atoms with Crippen molar-refractivity contribution in [2.75, 3.05) is 14.1 Å². The fourth-order valence-corrected chi connectivity index (χ4v) is 4.63. The summed E-state index contributed by atoms with van der Waals surface area (Å²) in [6.07, 6.45) is 4.89. The van der Waals surface area contributed by atoms with E-state index in [9.17, 15) is 0 Å². The van der Waals surface area contributed by atoms with E-state index >= 15 is 0 Å². The molecule has 2 heteroatoms. The Kier molecular flexibility index (Phi) is 6.39. The Morgan fingerprint density at radius 2 is 1.92 bits per heavy atom. The van der Waals surface area contributed by atoms with Crippen LogP contribution in [-0.4, -0.2) is 27.6 Å². The first-order valence-corrected chi connectivity index (χ1v) is 6.89. The molecule has 0 aliphatic rings. The molecule has 1 atom stereocenters. The lowest BCUT2D eigenvalue weighted by Gasteiger charge is -2.24. The molecule has 0 aromatic carbocycles. The van der Waals surface area contributed by atoms with E-state index in [2.05, 4.69) is 45.5 Å². The van der Waals surface area contributed by atoms with Crippen LogP contribution in [0.2, 0.25) is 6.04 Å². The molecule has 0 heterocycles. The highest BCUT2D eigenvalue weighted by Gasteiger charge is 2.15. The van der Waals surface area contributed by atoms with Crippen LogP contribution in [0.3, 0.4) is 0 Å². The van der Waals surface area contributed by atoms with E-state index in [1.54, 1.807) is 5.20 Å². The van der Waals surface area contributed by atoms with E-state index in [4.69, 9.17) is 0 Å². The van der Waals surface area contributed by atoms with Gasteiger partial charge in [-0.1, -0.05) is 31.5 Å². The molecule has 0 aromatic rings. The van der Waals surface area contributed by atoms with Gasteiger partial charge in [0.25, 0.3) is 0 Å². The minimum absolute atomic E-state index is 0.728. The van der Waals surface area contributed by atoms with E-state index in [-0.39, 0.29) is 0 Å². The monoisotopic (exact) mass is 185 g/mol. The zero-order valence-corrected chi connectivity index (χ0v) is 10.4. The number of nitrogens with zero attached hydrogens (tertiary/aromatic N) is 1. The highest BCUT2D eigenvalue weighted by molar-refractivity contribution is 6.63. The molecular formula is C10H23NSi. The van der Waals surface area contributed by atoms with Crippen LogP contribution in [0.5, 0.6) is 0 Å². The van der Waals surface area contributed by atoms with Crippen LogP contribution in [0.15, 0.2) is 11.3 Å². The molecule has 0 bridgehead atoms. The first kappa shape index (κ1) is 11.9. The molecule has 0 fully saturated rings. The maximum absolute atomic E-state index is 2.46. The highest BCUT2D eigenvalue weighted by atomic mass is 28.3. The van der Waals surface area contributed by atoms with Crippen molar-refractivity contribution in [1.29, 1.82) is 0 Å². The van der Waals surface area contributed by atoms with Gasteiger partial charge in [0.1, 0.15) is 8.96 Å². The summed E-state index contributed by atoms with van der Waals surface area (Å²) in [4.78, 5) is 0. The minimum Gasteiger partial charge on any atom is -0.328 e. The minimum atomic E-state index is -0.728. The van der Waals surface area contributed by atoms with E-state index in [1.807, 2.05) is 0 Å². The smallest absolute Gasteiger partial charge is 0.138 e. The first-order chi connectivity index (χ1) is 5.67. The summed E-state index contributed by atoms with van der Waals surface area (Å²) in [5.74, 6) is 0. The van der Waals surface area contributed by atoms with Crippen LogP contribution >= 0.6 is 0 Å². The largest absolute Gasteiger partial charge is 0.328 e. The van der Waals surface area contributed by atoms with Crippen molar-refractivity contribution in [3.05, 3.63) is 11.3 Å². The van der Waals surface area contributed by atoms with Crippen molar-refractivity contribution < 1.29 is 0 Å². The summed E-state index contributed by atoms with van der Waals surface area (Å²) < 4.78 is 2.46. The predicted molar refractivity (Wildman–Crippen MR) is 60.0 cm³/mol. The number of allylic oxidation sites excluding steroid dienone is 2. The van der Waals surface area contributed by atoms with Crippen molar-refractivity contribution in [3.63, 3.8) is 0 Å². The van der Waals surface area contributed by atoms with Gasteiger partial charge in [-0.25, -0.2) is 0 Å². The third kappa shape index (κ3) is 3.54. The Hall–Kier alpha value is -0.0831. The molecule has 0 saturated carbocycles. The van der Waals surface area contributed by atoms with Crippen molar-refractivity contribution >= 4 is 8.96 Å². The van der Waals surface area contributed by atoms with Crippen molar-refractivity contribution in [2.45, 2.75) is 39.7 Å². The second-order valence-corrected chi connectivity index (χ2v) is 6.87. The molecular weight excluding hydrogens is 162 g/mol. The summed E-state index contributed by atoms with van der Waals surface area (Å²) in [5, 5.41) is 1.71. The van der Waals surface area contributed by atoms with E-state index in [0.29, 0.717) is 0 Å². The van der Waals surface area contributed by atoms with Crippen LogP contribution in [0.4, 0.5) is 0 Å². The topological polar surface area (TPSA) is 3.24 Å². The molecule has 1 unspecified atom stereocenters. The lowest BCUT2D eigenvalue weighted by Crippen LogP contribution is -2.34. The van der Waals surface area contributed by atoms with Crippen LogP contribution in [0.1, 0.15) is 33.6 Å². The van der Waals surface area contributed by atoms with Crippen LogP contribution in [0, 0.1) is 0 Å². The van der Waals surface area contributed by atoms with Crippen molar-refractivity contribution in [2.24, 2.45) is 0 Å². The molecule has 0 saturated heterocycles. The van der Waals surface area contributed by atoms with E-state index in [1.165, 1.54) is 18.9 Å². The summed E-state index contributed by atoms with van der Waals surface area (Å²) >= 11 is 0. The fraction of sp³-hybridized carbons (Fsp3) is 0.800. The number of hydrogen-bond acceptors (Lipinski definition) is 1. The van der Waals surface area contributed by atoms with Crippen LogP contribution in [-0.2, 0) is 0 Å². The zero-order valence-electron chi connectivity index (χ0n) is 9.22. The third-order valence-corrected chi connectivity index (χ3v) is 6.36. The Bertz CT molecular complexity index is 141. The zero-order chi connectivity index (χ0) is 9.56. The van der Waals surface area contributed by atoms with E-state index < -0.39 is 8.96 Å². The van der Waals surface area contributed by atoms with Gasteiger partial charge in [0, 0.05) is 0 Å². The van der Waals surface area contributed by atoms with Crippen molar-refractivity contribution in [1.82, 2.24) is 4.57 Å². The second kappa shape index (κ2) is 6.43. The highest BCUT2D eigenvalue weighted by Crippen LogP contribution is 2.13. The summed E-state index contributed by atoms with van der Waals surface area (Å²) in [7, 11) is 3.73. The van der Waals surface area contributed by atoms with Gasteiger partial charge in [-0.05, 0) is 33.5 Å². The standard InChI is InChI=1S/C10H23NSi/c1-6-9-12(11(4)5)10(7-2)8-3/h7,12H,6,8-9H2,1-5H3. The lowest BCUT2D eigenvalue weighted by atomic mass is 10.4. The molecule has 0 radical (unpaired) electrons. The summed E-state index contributed by atoms with van der Waals surface area (Å²) in [5.41, 5.74) is 0. The predicted octanol–water partition coefficient (Wildman–Crippen LogP) is 2.58. The number of hydrogen-bond donors (Lipinski definition) is 0. The molecule has 0 spiro atoms. The fourth-order valence-electron chi connectivity index (χ4n) is 1.68. The quantitative estimate of drug-likeness (QED) is 0.595. The normalized spacial score (nSPS) is 15.3. The molecule has 0 amide bonds. The average Bonchev–Trinajstić information content (AvgIpc) is 2.05. The van der Waals surface area contributed by atoms with Gasteiger partial charge < -0.3 is 4.57 Å². The molecule has 1 nitrogen and oxygen atoms in total. The van der Waals surface area contributed by atoms with Gasteiger partial charge in [0.15, 0.2) is 0 Å². The van der Waals surface area contributed by atoms with Gasteiger partial charge in [-0.2, -0.15) is 0 Å². The summed E-state index contributed by atoms with van der Waals surface area (Å²) in [6, 6.07) is 1.42. The second-order valence-electron chi connectivity index (χ2n) is 3.49. The third-order valence-electron chi connectivity index (χ3n) is 2.39. The maximum atomic E-state index is 2.46. The Morgan fingerprint density at radius 3 is 2.17 bits per heavy atom. The van der Waals surface area contributed by atoms with E-state index in [0.717, 1.165) is 0 Å². The van der Waals surface area contributed by atoms with Crippen molar-refractivity contribution in [3.8, 4) is 0 Å². The van der Waals surface area contributed by atoms with Gasteiger partial charge in [0.05, 0.1) is 0 Å². The molecule has 0 rings (SSSR count). The van der Waals surface area contributed by atoms with Crippen LogP contribution < -0.4 is 0 Å². The molecule has 0 aliphatic carbocycles. The Balaban J connectivity index is 4.27. The molecule has 0 aromatic heterocycles. The van der Waals surface area contributed by atoms with Gasteiger partial charge in [-0.3, -0.25) is 0 Å². The molecule has 0 N–H and O–H groups in total. The van der Waals surface area contributed by atoms with Crippen LogP contribution in [0.25, 0.3) is 0 Å². The van der Waals surface area contributed by atoms with Gasteiger partial charge in [-0.15, -0.1) is 0 Å². The summed E-state index contributed by atoms with van der Waals surface area (Å²) in [6.45, 7) is 6.74. The Morgan fingerprint density at radius 1 is 1.33 bits per heavy atom. The lowest BCUT2D eigenvalue weighted by molar-refractivity contribution is 0.635. The SMILES string of the molecule is CC=C(CC)[SiH](CCC)N(C)C. The molecule has 0 aliphatic heterocycles. The molecule has 12 heavy (non-hydrogen) atoms. The Labute approximate surface area is 79.2 Å². The maximum Gasteiger partial charge on any atom is 0.138 e. The molecule has 72 valence electrons. The van der Waals surface area contributed by atoms with Gasteiger partial charge in [0.2, 0.25) is 0 Å². The first-order valence-electron chi connectivity index (χ1n) is 4.98. The number of rotatable bonds is 5.